The average Bonchev–Trinajstić information content (AvgIpc) is 2.04. The topological polar surface area (TPSA) is 21.3 Å². The van der Waals surface area contributed by atoms with Gasteiger partial charge in [-0.2, -0.15) is 0 Å². The zero-order chi connectivity index (χ0) is 8.53. The Kier molecular flexibility index (Phi) is 8.47. The zero-order valence-corrected chi connectivity index (χ0v) is 8.16. The van der Waals surface area contributed by atoms with Crippen LogP contribution in [0.2, 0.25) is 0 Å². The first-order valence-corrected chi connectivity index (χ1v) is 4.63. The van der Waals surface area contributed by atoms with Crippen molar-refractivity contribution >= 4 is 11.6 Å². The van der Waals surface area contributed by atoms with Crippen molar-refractivity contribution in [3.63, 3.8) is 0 Å². The molecule has 1 atom stereocenters. The van der Waals surface area contributed by atoms with Crippen LogP contribution in [0.1, 0.15) is 19.8 Å². The molecule has 0 aliphatic carbocycles. The molecular formula is C8H18ClNO. The maximum absolute atomic E-state index is 5.60. The second kappa shape index (κ2) is 8.31. The van der Waals surface area contributed by atoms with Crippen LogP contribution in [0.4, 0.5) is 0 Å². The van der Waals surface area contributed by atoms with Gasteiger partial charge in [0, 0.05) is 25.6 Å². The Morgan fingerprint density at radius 1 is 1.45 bits per heavy atom. The number of nitrogens with one attached hydrogen (secondary N) is 1. The number of rotatable bonds is 7. The van der Waals surface area contributed by atoms with Crippen LogP contribution in [0.25, 0.3) is 0 Å². The van der Waals surface area contributed by atoms with Crippen molar-refractivity contribution in [2.75, 3.05) is 26.1 Å². The number of alkyl halides is 1. The van der Waals surface area contributed by atoms with Crippen molar-refractivity contribution in [1.29, 1.82) is 0 Å². The van der Waals surface area contributed by atoms with E-state index in [2.05, 4.69) is 12.2 Å². The highest BCUT2D eigenvalue weighted by molar-refractivity contribution is 6.18. The first-order chi connectivity index (χ1) is 5.31. The smallest absolute Gasteiger partial charge is 0.0462 e. The fraction of sp³-hybridized carbons (Fsp3) is 1.00. The lowest BCUT2D eigenvalue weighted by Crippen LogP contribution is -2.28. The average molecular weight is 180 g/mol. The van der Waals surface area contributed by atoms with Gasteiger partial charge in [0.1, 0.15) is 0 Å². The Morgan fingerprint density at radius 2 is 2.18 bits per heavy atom. The minimum atomic E-state index is 0.430. The van der Waals surface area contributed by atoms with Crippen LogP contribution in [-0.2, 0) is 4.74 Å². The third-order valence-electron chi connectivity index (χ3n) is 1.50. The maximum Gasteiger partial charge on any atom is 0.0462 e. The van der Waals surface area contributed by atoms with Gasteiger partial charge >= 0.3 is 0 Å². The standard InChI is InChI=1S/C8H18ClNO/c1-8(7-9)10-5-3-4-6-11-2/h8,10H,3-7H2,1-2H3. The van der Waals surface area contributed by atoms with E-state index in [9.17, 15) is 0 Å². The van der Waals surface area contributed by atoms with Crippen LogP contribution in [0.5, 0.6) is 0 Å². The number of hydrogen-bond acceptors (Lipinski definition) is 2. The molecule has 0 aliphatic rings. The molecule has 68 valence electrons. The fourth-order valence-electron chi connectivity index (χ4n) is 0.774. The van der Waals surface area contributed by atoms with Gasteiger partial charge in [-0.05, 0) is 26.3 Å². The number of ether oxygens (including phenoxy) is 1. The summed E-state index contributed by atoms with van der Waals surface area (Å²) in [6, 6.07) is 0.430. The molecule has 0 aromatic heterocycles. The summed E-state index contributed by atoms with van der Waals surface area (Å²) in [5.41, 5.74) is 0. The van der Waals surface area contributed by atoms with Gasteiger partial charge in [-0.3, -0.25) is 0 Å². The second-order valence-corrected chi connectivity index (χ2v) is 3.02. The predicted octanol–water partition coefficient (Wildman–Crippen LogP) is 1.63. The van der Waals surface area contributed by atoms with Gasteiger partial charge in [0.05, 0.1) is 0 Å². The van der Waals surface area contributed by atoms with Gasteiger partial charge < -0.3 is 10.1 Å². The van der Waals surface area contributed by atoms with Gasteiger partial charge in [0.2, 0.25) is 0 Å². The summed E-state index contributed by atoms with van der Waals surface area (Å²) in [6.45, 7) is 3.98. The Bertz CT molecular complexity index is 80.5. The predicted molar refractivity (Wildman–Crippen MR) is 49.3 cm³/mol. The molecule has 3 heteroatoms. The molecule has 0 fully saturated rings. The normalized spacial score (nSPS) is 13.4. The van der Waals surface area contributed by atoms with E-state index in [1.54, 1.807) is 7.11 Å². The van der Waals surface area contributed by atoms with Crippen LogP contribution in [-0.4, -0.2) is 32.2 Å². The number of hydrogen-bond donors (Lipinski definition) is 1. The molecule has 11 heavy (non-hydrogen) atoms. The molecule has 0 rings (SSSR count). The van der Waals surface area contributed by atoms with Gasteiger partial charge in [-0.1, -0.05) is 0 Å². The number of halogens is 1. The van der Waals surface area contributed by atoms with Crippen molar-refractivity contribution in [2.24, 2.45) is 0 Å². The van der Waals surface area contributed by atoms with Crippen LogP contribution in [0.15, 0.2) is 0 Å². The summed E-state index contributed by atoms with van der Waals surface area (Å²) in [5, 5.41) is 3.30. The van der Waals surface area contributed by atoms with Crippen LogP contribution < -0.4 is 5.32 Å². The second-order valence-electron chi connectivity index (χ2n) is 2.71. The van der Waals surface area contributed by atoms with Crippen molar-refractivity contribution in [3.8, 4) is 0 Å². The molecule has 0 saturated carbocycles. The van der Waals surface area contributed by atoms with Gasteiger partial charge in [0.15, 0.2) is 0 Å². The van der Waals surface area contributed by atoms with Crippen LogP contribution in [0, 0.1) is 0 Å². The molecule has 0 bridgehead atoms. The summed E-state index contributed by atoms with van der Waals surface area (Å²) in [5.74, 6) is 0.685. The van der Waals surface area contributed by atoms with Crippen molar-refractivity contribution in [2.45, 2.75) is 25.8 Å². The van der Waals surface area contributed by atoms with Crippen LogP contribution >= 0.6 is 11.6 Å². The van der Waals surface area contributed by atoms with Crippen molar-refractivity contribution < 1.29 is 4.74 Å². The van der Waals surface area contributed by atoms with Crippen molar-refractivity contribution in [1.82, 2.24) is 5.32 Å². The largest absolute Gasteiger partial charge is 0.385 e. The fourth-order valence-corrected chi connectivity index (χ4v) is 0.884. The van der Waals surface area contributed by atoms with E-state index in [1.165, 1.54) is 0 Å². The first-order valence-electron chi connectivity index (χ1n) is 4.09. The lowest BCUT2D eigenvalue weighted by Gasteiger charge is -2.09. The monoisotopic (exact) mass is 179 g/mol. The molecular weight excluding hydrogens is 162 g/mol. The molecule has 1 N–H and O–H groups in total. The van der Waals surface area contributed by atoms with Crippen molar-refractivity contribution in [3.05, 3.63) is 0 Å². The van der Waals surface area contributed by atoms with Gasteiger partial charge in [-0.25, -0.2) is 0 Å². The Balaban J connectivity index is 2.89. The molecule has 0 aromatic rings. The van der Waals surface area contributed by atoms with Gasteiger partial charge in [-0.15, -0.1) is 11.6 Å². The zero-order valence-electron chi connectivity index (χ0n) is 7.40. The maximum atomic E-state index is 5.60. The molecule has 0 heterocycles. The lowest BCUT2D eigenvalue weighted by atomic mass is 10.3. The van der Waals surface area contributed by atoms with Crippen LogP contribution in [0.3, 0.4) is 0 Å². The highest BCUT2D eigenvalue weighted by Crippen LogP contribution is 1.90. The summed E-state index contributed by atoms with van der Waals surface area (Å²) in [6.07, 6.45) is 2.29. The molecule has 0 aliphatic heterocycles. The Hall–Kier alpha value is 0.210. The highest BCUT2D eigenvalue weighted by atomic mass is 35.5. The molecule has 0 radical (unpaired) electrons. The van der Waals surface area contributed by atoms with E-state index >= 15 is 0 Å². The molecule has 0 saturated heterocycles. The van der Waals surface area contributed by atoms with E-state index in [-0.39, 0.29) is 0 Å². The Labute approximate surface area is 74.3 Å². The third-order valence-corrected chi connectivity index (χ3v) is 1.96. The summed E-state index contributed by atoms with van der Waals surface area (Å²) in [7, 11) is 1.73. The summed E-state index contributed by atoms with van der Waals surface area (Å²) < 4.78 is 4.92. The van der Waals surface area contributed by atoms with E-state index in [0.29, 0.717) is 11.9 Å². The Morgan fingerprint density at radius 3 is 2.73 bits per heavy atom. The summed E-state index contributed by atoms with van der Waals surface area (Å²) >= 11 is 5.60. The quantitative estimate of drug-likeness (QED) is 0.474. The summed E-state index contributed by atoms with van der Waals surface area (Å²) in [4.78, 5) is 0. The SMILES string of the molecule is COCCCCNC(C)CCl. The van der Waals surface area contributed by atoms with Gasteiger partial charge in [0.25, 0.3) is 0 Å². The molecule has 2 nitrogen and oxygen atoms in total. The number of methoxy groups -OCH3 is 1. The minimum absolute atomic E-state index is 0.430. The third kappa shape index (κ3) is 8.11. The molecule has 0 amide bonds. The first kappa shape index (κ1) is 11.2. The molecule has 0 aromatic carbocycles. The number of unbranched alkanes of at least 4 members (excludes halogenated alkanes) is 1. The minimum Gasteiger partial charge on any atom is -0.385 e. The van der Waals surface area contributed by atoms with E-state index in [0.717, 1.165) is 26.0 Å². The molecule has 0 spiro atoms. The lowest BCUT2D eigenvalue weighted by molar-refractivity contribution is 0.192. The van der Waals surface area contributed by atoms with E-state index in [4.69, 9.17) is 16.3 Å². The van der Waals surface area contributed by atoms with E-state index < -0.39 is 0 Å². The highest BCUT2D eigenvalue weighted by Gasteiger charge is 1.96. The molecule has 1 unspecified atom stereocenters. The van der Waals surface area contributed by atoms with E-state index in [1.807, 2.05) is 0 Å².